The first-order valence-electron chi connectivity index (χ1n) is 6.29. The van der Waals surface area contributed by atoms with E-state index in [1.54, 1.807) is 5.57 Å². The normalized spacial score (nSPS) is 15.5. The van der Waals surface area contributed by atoms with Crippen LogP contribution in [0.25, 0.3) is 0 Å². The molecule has 17 heavy (non-hydrogen) atoms. The maximum atomic E-state index is 4.34. The molecule has 1 aromatic rings. The molecule has 0 atom stereocenters. The fraction of sp³-hybridized carbons (Fsp3) is 0.500. The third-order valence-corrected chi connectivity index (χ3v) is 4.01. The summed E-state index contributed by atoms with van der Waals surface area (Å²) in [6.07, 6.45) is 10.7. The van der Waals surface area contributed by atoms with E-state index < -0.39 is 0 Å². The number of hydrogen-bond donors (Lipinski definition) is 1. The van der Waals surface area contributed by atoms with E-state index in [9.17, 15) is 0 Å². The van der Waals surface area contributed by atoms with Crippen LogP contribution in [0.5, 0.6) is 0 Å². The number of aryl methyl sites for hydroxylation is 1. The van der Waals surface area contributed by atoms with Crippen LogP contribution >= 0.6 is 15.9 Å². The Kier molecular flexibility index (Phi) is 4.60. The topological polar surface area (TPSA) is 24.9 Å². The van der Waals surface area contributed by atoms with Crippen LogP contribution in [-0.4, -0.2) is 11.5 Å². The van der Waals surface area contributed by atoms with E-state index in [-0.39, 0.29) is 0 Å². The summed E-state index contributed by atoms with van der Waals surface area (Å²) in [4.78, 5) is 4.34. The average Bonchev–Trinajstić information content (AvgIpc) is 2.35. The average molecular weight is 295 g/mol. The maximum Gasteiger partial charge on any atom is 0.126 e. The summed E-state index contributed by atoms with van der Waals surface area (Å²) in [7, 11) is 0. The van der Waals surface area contributed by atoms with Gasteiger partial charge in [-0.3, -0.25) is 0 Å². The molecule has 0 amide bonds. The third-order valence-electron chi connectivity index (χ3n) is 3.18. The van der Waals surface area contributed by atoms with Crippen LogP contribution in [0.2, 0.25) is 0 Å². The van der Waals surface area contributed by atoms with E-state index in [1.165, 1.54) is 31.2 Å². The highest BCUT2D eigenvalue weighted by molar-refractivity contribution is 9.10. The minimum Gasteiger partial charge on any atom is -0.370 e. The van der Waals surface area contributed by atoms with Crippen molar-refractivity contribution in [3.8, 4) is 0 Å². The number of nitrogens with one attached hydrogen (secondary N) is 1. The van der Waals surface area contributed by atoms with Crippen molar-refractivity contribution in [3.63, 3.8) is 0 Å². The van der Waals surface area contributed by atoms with Gasteiger partial charge in [-0.25, -0.2) is 4.98 Å². The lowest BCUT2D eigenvalue weighted by Gasteiger charge is -2.13. The third kappa shape index (κ3) is 3.84. The van der Waals surface area contributed by atoms with E-state index in [0.717, 1.165) is 23.3 Å². The number of halogens is 1. The van der Waals surface area contributed by atoms with Crippen molar-refractivity contribution in [2.75, 3.05) is 11.9 Å². The monoisotopic (exact) mass is 294 g/mol. The lowest BCUT2D eigenvalue weighted by molar-refractivity contribution is 0.679. The molecular formula is C14H19BrN2. The van der Waals surface area contributed by atoms with Crippen molar-refractivity contribution >= 4 is 21.7 Å². The zero-order valence-corrected chi connectivity index (χ0v) is 11.9. The summed E-state index contributed by atoms with van der Waals surface area (Å²) < 4.78 is 1.07. The van der Waals surface area contributed by atoms with Gasteiger partial charge >= 0.3 is 0 Å². The summed E-state index contributed by atoms with van der Waals surface area (Å²) in [5.74, 6) is 0.974. The van der Waals surface area contributed by atoms with Crippen molar-refractivity contribution in [3.05, 3.63) is 33.9 Å². The van der Waals surface area contributed by atoms with Gasteiger partial charge in [-0.2, -0.15) is 0 Å². The van der Waals surface area contributed by atoms with Crippen molar-refractivity contribution in [1.82, 2.24) is 4.98 Å². The molecule has 3 heteroatoms. The predicted molar refractivity (Wildman–Crippen MR) is 76.3 cm³/mol. The Balaban J connectivity index is 1.81. The SMILES string of the molecule is Cc1cc(NCCC2=CCCCC2)ncc1Br. The number of hydrogen-bond acceptors (Lipinski definition) is 2. The summed E-state index contributed by atoms with van der Waals surface area (Å²) in [6, 6.07) is 2.08. The van der Waals surface area contributed by atoms with Gasteiger partial charge in [0.25, 0.3) is 0 Å². The van der Waals surface area contributed by atoms with Gasteiger partial charge in [0.05, 0.1) is 0 Å². The van der Waals surface area contributed by atoms with Gasteiger partial charge in [-0.05, 0) is 66.6 Å². The van der Waals surface area contributed by atoms with E-state index in [2.05, 4.69) is 45.3 Å². The zero-order chi connectivity index (χ0) is 12.1. The standard InChI is InChI=1S/C14H19BrN2/c1-11-9-14(17-10-13(11)15)16-8-7-12-5-3-2-4-6-12/h5,9-10H,2-4,6-8H2,1H3,(H,16,17). The van der Waals surface area contributed by atoms with Crippen molar-refractivity contribution < 1.29 is 0 Å². The largest absolute Gasteiger partial charge is 0.370 e. The second-order valence-corrected chi connectivity index (χ2v) is 5.46. The molecule has 1 aromatic heterocycles. The number of anilines is 1. The molecule has 1 N–H and O–H groups in total. The summed E-state index contributed by atoms with van der Waals surface area (Å²) in [6.45, 7) is 3.07. The first-order valence-corrected chi connectivity index (χ1v) is 7.09. The lowest BCUT2D eigenvalue weighted by Crippen LogP contribution is -2.05. The van der Waals surface area contributed by atoms with Crippen LogP contribution in [-0.2, 0) is 0 Å². The van der Waals surface area contributed by atoms with Gasteiger partial charge in [0, 0.05) is 17.2 Å². The predicted octanol–water partition coefficient (Wildman–Crippen LogP) is 4.45. The summed E-state index contributed by atoms with van der Waals surface area (Å²) >= 11 is 3.46. The van der Waals surface area contributed by atoms with Gasteiger partial charge in [0.1, 0.15) is 5.82 Å². The molecule has 1 heterocycles. The molecule has 1 aliphatic rings. The Morgan fingerprint density at radius 3 is 3.00 bits per heavy atom. The maximum absolute atomic E-state index is 4.34. The molecule has 0 saturated carbocycles. The number of nitrogens with zero attached hydrogens (tertiary/aromatic N) is 1. The number of allylic oxidation sites excluding steroid dienone is 1. The molecule has 2 nitrogen and oxygen atoms in total. The highest BCUT2D eigenvalue weighted by Crippen LogP contribution is 2.21. The molecular weight excluding hydrogens is 276 g/mol. The molecule has 1 aliphatic carbocycles. The zero-order valence-electron chi connectivity index (χ0n) is 10.3. The Hall–Kier alpha value is -0.830. The lowest BCUT2D eigenvalue weighted by atomic mass is 9.97. The Labute approximate surface area is 112 Å². The van der Waals surface area contributed by atoms with E-state index in [1.807, 2.05) is 6.20 Å². The van der Waals surface area contributed by atoms with Crippen molar-refractivity contribution in [1.29, 1.82) is 0 Å². The van der Waals surface area contributed by atoms with Gasteiger partial charge < -0.3 is 5.32 Å². The Morgan fingerprint density at radius 1 is 1.41 bits per heavy atom. The molecule has 2 rings (SSSR count). The molecule has 0 radical (unpaired) electrons. The summed E-state index contributed by atoms with van der Waals surface area (Å²) in [5, 5.41) is 3.39. The van der Waals surface area contributed by atoms with E-state index in [4.69, 9.17) is 0 Å². The Bertz CT molecular complexity index is 413. The smallest absolute Gasteiger partial charge is 0.126 e. The Morgan fingerprint density at radius 2 is 2.29 bits per heavy atom. The van der Waals surface area contributed by atoms with E-state index in [0.29, 0.717) is 0 Å². The molecule has 0 saturated heterocycles. The highest BCUT2D eigenvalue weighted by Gasteiger charge is 2.03. The highest BCUT2D eigenvalue weighted by atomic mass is 79.9. The summed E-state index contributed by atoms with van der Waals surface area (Å²) in [5.41, 5.74) is 2.83. The molecule has 0 aromatic carbocycles. The quantitative estimate of drug-likeness (QED) is 0.830. The molecule has 0 spiro atoms. The number of rotatable bonds is 4. The number of aromatic nitrogens is 1. The first-order chi connectivity index (χ1) is 8.25. The van der Waals surface area contributed by atoms with Crippen LogP contribution in [0.15, 0.2) is 28.4 Å². The van der Waals surface area contributed by atoms with Crippen molar-refractivity contribution in [2.45, 2.75) is 39.0 Å². The van der Waals surface area contributed by atoms with Gasteiger partial charge in [0.2, 0.25) is 0 Å². The molecule has 0 bridgehead atoms. The minimum atomic E-state index is 0.974. The number of pyridine rings is 1. The van der Waals surface area contributed by atoms with Crippen LogP contribution in [0.4, 0.5) is 5.82 Å². The van der Waals surface area contributed by atoms with Crippen LogP contribution in [0, 0.1) is 6.92 Å². The van der Waals surface area contributed by atoms with Crippen LogP contribution in [0.3, 0.4) is 0 Å². The second-order valence-electron chi connectivity index (χ2n) is 4.60. The molecule has 0 fully saturated rings. The molecule has 0 aliphatic heterocycles. The first kappa shape index (κ1) is 12.6. The fourth-order valence-electron chi connectivity index (χ4n) is 2.12. The minimum absolute atomic E-state index is 0.974. The van der Waals surface area contributed by atoms with Gasteiger partial charge in [-0.1, -0.05) is 11.6 Å². The van der Waals surface area contributed by atoms with Gasteiger partial charge in [-0.15, -0.1) is 0 Å². The van der Waals surface area contributed by atoms with Crippen LogP contribution < -0.4 is 5.32 Å². The molecule has 92 valence electrons. The van der Waals surface area contributed by atoms with Crippen LogP contribution in [0.1, 0.15) is 37.7 Å². The van der Waals surface area contributed by atoms with Crippen molar-refractivity contribution in [2.24, 2.45) is 0 Å². The van der Waals surface area contributed by atoms with E-state index >= 15 is 0 Å². The fourth-order valence-corrected chi connectivity index (χ4v) is 2.34. The second kappa shape index (κ2) is 6.20. The van der Waals surface area contributed by atoms with Gasteiger partial charge in [0.15, 0.2) is 0 Å². The molecule has 0 unspecified atom stereocenters.